The second-order valence-electron chi connectivity index (χ2n) is 7.78. The first-order valence-corrected chi connectivity index (χ1v) is 11.2. The highest BCUT2D eigenvalue weighted by Gasteiger charge is 2.32. The van der Waals surface area contributed by atoms with Gasteiger partial charge in [0.2, 0.25) is 0 Å². The molecule has 6 nitrogen and oxygen atoms in total. The lowest BCUT2D eigenvalue weighted by molar-refractivity contribution is 0.0784. The number of halogens is 2. The Balaban J connectivity index is 1.56. The fourth-order valence-electron chi connectivity index (χ4n) is 3.86. The molecule has 0 unspecified atom stereocenters. The largest absolute Gasteiger partial charge is 0.391 e. The molecule has 31 heavy (non-hydrogen) atoms. The summed E-state index contributed by atoms with van der Waals surface area (Å²) >= 11 is 7.30. The smallest absolute Gasteiger partial charge is 0.186 e. The molecule has 1 saturated heterocycles. The number of nitrogens with zero attached hydrogens (tertiary/aromatic N) is 3. The summed E-state index contributed by atoms with van der Waals surface area (Å²) < 4.78 is 14.2. The Morgan fingerprint density at radius 2 is 2.19 bits per heavy atom. The SMILES string of the molecule is C[C@H]1CN(c2ccncc2CC(=O)c2csc(-c3c(F)cccc3Cl)n2)C[C@@H](N)[C@@H]1O. The maximum Gasteiger partial charge on any atom is 0.186 e. The van der Waals surface area contributed by atoms with Crippen LogP contribution in [0.4, 0.5) is 10.1 Å². The summed E-state index contributed by atoms with van der Waals surface area (Å²) in [6.07, 6.45) is 2.88. The Labute approximate surface area is 188 Å². The van der Waals surface area contributed by atoms with E-state index in [1.165, 1.54) is 23.5 Å². The van der Waals surface area contributed by atoms with Gasteiger partial charge < -0.3 is 15.7 Å². The van der Waals surface area contributed by atoms with Crippen molar-refractivity contribution in [1.29, 1.82) is 0 Å². The van der Waals surface area contributed by atoms with Gasteiger partial charge in [0.25, 0.3) is 0 Å². The lowest BCUT2D eigenvalue weighted by Gasteiger charge is -2.40. The number of rotatable bonds is 5. The minimum absolute atomic E-state index is 0.00656. The molecule has 1 aromatic carbocycles. The zero-order chi connectivity index (χ0) is 22.1. The van der Waals surface area contributed by atoms with Crippen LogP contribution in [0.3, 0.4) is 0 Å². The highest BCUT2D eigenvalue weighted by atomic mass is 35.5. The van der Waals surface area contributed by atoms with E-state index in [0.717, 1.165) is 11.3 Å². The maximum atomic E-state index is 14.2. The minimum Gasteiger partial charge on any atom is -0.391 e. The number of thiazole rings is 1. The van der Waals surface area contributed by atoms with Crippen molar-refractivity contribution in [3.05, 3.63) is 64.1 Å². The number of carbonyl (C=O) groups is 1. The number of piperidine rings is 1. The normalized spacial score (nSPS) is 21.3. The summed E-state index contributed by atoms with van der Waals surface area (Å²) in [5.41, 5.74) is 8.17. The van der Waals surface area contributed by atoms with Gasteiger partial charge in [0.05, 0.1) is 16.7 Å². The van der Waals surface area contributed by atoms with Gasteiger partial charge in [-0.25, -0.2) is 9.37 Å². The van der Waals surface area contributed by atoms with Gasteiger partial charge in [0.15, 0.2) is 5.78 Å². The summed E-state index contributed by atoms with van der Waals surface area (Å²) in [5, 5.41) is 12.4. The molecular formula is C22H22ClFN4O2S. The van der Waals surface area contributed by atoms with Crippen LogP contribution >= 0.6 is 22.9 Å². The molecule has 1 fully saturated rings. The molecule has 1 aliphatic heterocycles. The van der Waals surface area contributed by atoms with Crippen LogP contribution in [-0.2, 0) is 6.42 Å². The summed E-state index contributed by atoms with van der Waals surface area (Å²) in [4.78, 5) is 23.5. The fourth-order valence-corrected chi connectivity index (χ4v) is 5.05. The molecule has 4 rings (SSSR count). The van der Waals surface area contributed by atoms with E-state index in [4.69, 9.17) is 17.3 Å². The first-order valence-electron chi connectivity index (χ1n) is 9.89. The van der Waals surface area contributed by atoms with Crippen LogP contribution < -0.4 is 10.6 Å². The number of hydrogen-bond acceptors (Lipinski definition) is 7. The number of nitrogens with two attached hydrogens (primary N) is 1. The monoisotopic (exact) mass is 460 g/mol. The number of carbonyl (C=O) groups excluding carboxylic acids is 1. The molecule has 9 heteroatoms. The third kappa shape index (κ3) is 4.48. The first kappa shape index (κ1) is 21.8. The van der Waals surface area contributed by atoms with Gasteiger partial charge in [-0.05, 0) is 18.2 Å². The van der Waals surface area contributed by atoms with E-state index >= 15 is 0 Å². The molecule has 3 aromatic rings. The first-order chi connectivity index (χ1) is 14.8. The Bertz CT molecular complexity index is 1080. The second kappa shape index (κ2) is 9.00. The van der Waals surface area contributed by atoms with Gasteiger partial charge in [0, 0.05) is 60.5 Å². The lowest BCUT2D eigenvalue weighted by Crippen LogP contribution is -2.55. The molecule has 0 saturated carbocycles. The molecule has 0 spiro atoms. The van der Waals surface area contributed by atoms with Crippen LogP contribution in [0.1, 0.15) is 23.0 Å². The van der Waals surface area contributed by atoms with Crippen molar-refractivity contribution in [1.82, 2.24) is 9.97 Å². The summed E-state index contributed by atoms with van der Waals surface area (Å²) in [5.74, 6) is -0.668. The molecule has 0 bridgehead atoms. The molecule has 0 amide bonds. The average molecular weight is 461 g/mol. The Morgan fingerprint density at radius 3 is 2.94 bits per heavy atom. The van der Waals surface area contributed by atoms with Crippen LogP contribution in [-0.4, -0.2) is 46.1 Å². The Hall–Kier alpha value is -2.39. The van der Waals surface area contributed by atoms with Crippen LogP contribution in [0.2, 0.25) is 5.02 Å². The molecule has 0 radical (unpaired) electrons. The van der Waals surface area contributed by atoms with E-state index in [-0.39, 0.29) is 40.4 Å². The van der Waals surface area contributed by atoms with Gasteiger partial charge in [-0.15, -0.1) is 11.3 Å². The molecule has 0 aliphatic carbocycles. The highest BCUT2D eigenvalue weighted by Crippen LogP contribution is 2.33. The number of pyridine rings is 1. The van der Waals surface area contributed by atoms with Gasteiger partial charge in [-0.3, -0.25) is 9.78 Å². The van der Waals surface area contributed by atoms with Crippen LogP contribution in [0.25, 0.3) is 10.6 Å². The molecular weight excluding hydrogens is 439 g/mol. The third-order valence-electron chi connectivity index (χ3n) is 5.50. The third-order valence-corrected chi connectivity index (χ3v) is 6.67. The maximum absolute atomic E-state index is 14.2. The predicted molar refractivity (Wildman–Crippen MR) is 120 cm³/mol. The van der Waals surface area contributed by atoms with Gasteiger partial charge in [-0.2, -0.15) is 0 Å². The Kier molecular flexibility index (Phi) is 6.34. The fraction of sp³-hybridized carbons (Fsp3) is 0.318. The second-order valence-corrected chi connectivity index (χ2v) is 9.04. The highest BCUT2D eigenvalue weighted by molar-refractivity contribution is 7.13. The van der Waals surface area contributed by atoms with E-state index in [0.29, 0.717) is 18.1 Å². The number of hydrogen-bond donors (Lipinski definition) is 2. The van der Waals surface area contributed by atoms with Crippen molar-refractivity contribution in [2.24, 2.45) is 11.7 Å². The van der Waals surface area contributed by atoms with E-state index in [2.05, 4.69) is 14.9 Å². The van der Waals surface area contributed by atoms with Crippen LogP contribution in [0.15, 0.2) is 42.0 Å². The summed E-state index contributed by atoms with van der Waals surface area (Å²) in [6, 6.07) is 5.91. The quantitative estimate of drug-likeness (QED) is 0.565. The molecule has 162 valence electrons. The number of aromatic nitrogens is 2. The van der Waals surface area contributed by atoms with Crippen molar-refractivity contribution < 1.29 is 14.3 Å². The number of benzene rings is 1. The van der Waals surface area contributed by atoms with E-state index < -0.39 is 11.9 Å². The molecule has 1 aliphatic rings. The van der Waals surface area contributed by atoms with Crippen molar-refractivity contribution >= 4 is 34.4 Å². The van der Waals surface area contributed by atoms with Crippen molar-refractivity contribution in [2.45, 2.75) is 25.5 Å². The lowest BCUT2D eigenvalue weighted by atomic mass is 9.92. The zero-order valence-electron chi connectivity index (χ0n) is 16.8. The number of aliphatic hydroxyl groups is 1. The average Bonchev–Trinajstić information content (AvgIpc) is 3.22. The number of Topliss-reactive ketones (excluding diaryl/α,β-unsaturated/α-hetero) is 1. The molecule has 2 aromatic heterocycles. The topological polar surface area (TPSA) is 92.3 Å². The standard InChI is InChI=1S/C22H22ClFN4O2S/c1-12-9-28(10-16(25)21(12)30)18-5-6-26-8-13(18)7-19(29)17-11-31-22(27-17)20-14(23)3-2-4-15(20)24/h2-6,8,11-12,16,21,30H,7,9-10,25H2,1H3/t12-,16+,21+/m0/s1. The predicted octanol–water partition coefficient (Wildman–Crippen LogP) is 3.57. The minimum atomic E-state index is -0.554. The zero-order valence-corrected chi connectivity index (χ0v) is 18.4. The van der Waals surface area contributed by atoms with Crippen molar-refractivity contribution in [3.63, 3.8) is 0 Å². The van der Waals surface area contributed by atoms with Crippen molar-refractivity contribution in [2.75, 3.05) is 18.0 Å². The van der Waals surface area contributed by atoms with Gasteiger partial charge in [-0.1, -0.05) is 24.6 Å². The van der Waals surface area contributed by atoms with Crippen LogP contribution in [0, 0.1) is 11.7 Å². The Morgan fingerprint density at radius 1 is 1.39 bits per heavy atom. The van der Waals surface area contributed by atoms with Gasteiger partial charge >= 0.3 is 0 Å². The summed E-state index contributed by atoms with van der Waals surface area (Å²) in [6.45, 7) is 3.07. The molecule has 3 heterocycles. The number of aliphatic hydroxyl groups excluding tert-OH is 1. The molecule has 3 atom stereocenters. The molecule has 3 N–H and O–H groups in total. The van der Waals surface area contributed by atoms with E-state index in [9.17, 15) is 14.3 Å². The van der Waals surface area contributed by atoms with Crippen molar-refractivity contribution in [3.8, 4) is 10.6 Å². The summed E-state index contributed by atoms with van der Waals surface area (Å²) in [7, 11) is 0. The van der Waals surface area contributed by atoms with Gasteiger partial charge in [0.1, 0.15) is 16.5 Å². The van der Waals surface area contributed by atoms with Crippen LogP contribution in [0.5, 0.6) is 0 Å². The van der Waals surface area contributed by atoms with E-state index in [1.54, 1.807) is 23.8 Å². The van der Waals surface area contributed by atoms with E-state index in [1.807, 2.05) is 13.0 Å². The number of anilines is 1. The number of ketones is 1.